The number of nitrogens with one attached hydrogen (secondary N) is 1. The Bertz CT molecular complexity index is 585. The Kier molecular flexibility index (Phi) is 4.45. The molecule has 0 aliphatic rings. The average molecular weight is 278 g/mol. The maximum Gasteiger partial charge on any atom is 0.160 e. The van der Waals surface area contributed by atoms with Crippen LogP contribution in [0.4, 0.5) is 26.1 Å². The van der Waals surface area contributed by atoms with Crippen molar-refractivity contribution in [2.24, 2.45) is 0 Å². The van der Waals surface area contributed by atoms with E-state index in [-0.39, 0.29) is 0 Å². The molecule has 0 unspecified atom stereocenters. The fraction of sp³-hybridized carbons (Fsp3) is 0.286. The minimum atomic E-state index is -0.895. The molecule has 0 saturated heterocycles. The standard InChI is InChI=1S/C14H16F2N4/c1-3-20(4-2)14-8-13(17-9-18-14)19-10-5-6-11(15)12(16)7-10/h5-9H,3-4H2,1-2H3,(H,17,18,19). The van der Waals surface area contributed by atoms with E-state index >= 15 is 0 Å². The van der Waals surface area contributed by atoms with Crippen LogP contribution < -0.4 is 10.2 Å². The molecule has 4 nitrogen and oxygen atoms in total. The van der Waals surface area contributed by atoms with Gasteiger partial charge in [-0.2, -0.15) is 0 Å². The monoisotopic (exact) mass is 278 g/mol. The third-order valence-corrected chi connectivity index (χ3v) is 2.93. The first kappa shape index (κ1) is 14.2. The zero-order valence-corrected chi connectivity index (χ0v) is 11.4. The maximum atomic E-state index is 13.1. The zero-order chi connectivity index (χ0) is 14.5. The van der Waals surface area contributed by atoms with Crippen molar-refractivity contribution in [2.75, 3.05) is 23.3 Å². The fourth-order valence-electron chi connectivity index (χ4n) is 1.86. The number of hydrogen-bond acceptors (Lipinski definition) is 4. The van der Waals surface area contributed by atoms with Gasteiger partial charge < -0.3 is 10.2 Å². The average Bonchev–Trinajstić information content (AvgIpc) is 2.45. The molecular formula is C14H16F2N4. The molecular weight excluding hydrogens is 262 g/mol. The summed E-state index contributed by atoms with van der Waals surface area (Å²) in [6.45, 7) is 5.73. The number of nitrogens with zero attached hydrogens (tertiary/aromatic N) is 3. The minimum Gasteiger partial charge on any atom is -0.357 e. The first-order valence-electron chi connectivity index (χ1n) is 6.43. The molecule has 1 heterocycles. The third kappa shape index (κ3) is 3.20. The van der Waals surface area contributed by atoms with Gasteiger partial charge in [0.1, 0.15) is 18.0 Å². The quantitative estimate of drug-likeness (QED) is 0.910. The molecule has 0 atom stereocenters. The van der Waals surface area contributed by atoms with Crippen LogP contribution in [-0.2, 0) is 0 Å². The molecule has 1 aromatic heterocycles. The van der Waals surface area contributed by atoms with Gasteiger partial charge in [0.05, 0.1) is 0 Å². The number of anilines is 3. The Balaban J connectivity index is 2.21. The molecule has 0 saturated carbocycles. The molecule has 0 aliphatic carbocycles. The highest BCUT2D eigenvalue weighted by Gasteiger charge is 2.07. The summed E-state index contributed by atoms with van der Waals surface area (Å²) in [7, 11) is 0. The Hall–Kier alpha value is -2.24. The number of halogens is 2. The lowest BCUT2D eigenvalue weighted by molar-refractivity contribution is 0.509. The number of rotatable bonds is 5. The van der Waals surface area contributed by atoms with Crippen LogP contribution in [0.1, 0.15) is 13.8 Å². The number of aromatic nitrogens is 2. The van der Waals surface area contributed by atoms with Crippen molar-refractivity contribution in [1.29, 1.82) is 0 Å². The van der Waals surface area contributed by atoms with E-state index in [9.17, 15) is 8.78 Å². The molecule has 2 aromatic rings. The molecule has 0 amide bonds. The molecule has 2 rings (SSSR count). The second kappa shape index (κ2) is 6.27. The Labute approximate surface area is 116 Å². The normalized spacial score (nSPS) is 10.4. The highest BCUT2D eigenvalue weighted by molar-refractivity contribution is 5.59. The van der Waals surface area contributed by atoms with Crippen molar-refractivity contribution >= 4 is 17.3 Å². The van der Waals surface area contributed by atoms with E-state index in [1.54, 1.807) is 6.07 Å². The lowest BCUT2D eigenvalue weighted by Gasteiger charge is -2.19. The summed E-state index contributed by atoms with van der Waals surface area (Å²) >= 11 is 0. The summed E-state index contributed by atoms with van der Waals surface area (Å²) in [5.41, 5.74) is 0.438. The largest absolute Gasteiger partial charge is 0.357 e. The molecule has 1 N–H and O–H groups in total. The summed E-state index contributed by atoms with van der Waals surface area (Å²) in [5, 5.41) is 2.93. The van der Waals surface area contributed by atoms with Gasteiger partial charge in [-0.1, -0.05) is 0 Å². The molecule has 0 fully saturated rings. The van der Waals surface area contributed by atoms with Gasteiger partial charge in [-0.05, 0) is 26.0 Å². The first-order valence-corrected chi connectivity index (χ1v) is 6.43. The van der Waals surface area contributed by atoms with Crippen molar-refractivity contribution in [2.45, 2.75) is 13.8 Å². The van der Waals surface area contributed by atoms with E-state index in [1.165, 1.54) is 12.4 Å². The fourth-order valence-corrected chi connectivity index (χ4v) is 1.86. The van der Waals surface area contributed by atoms with E-state index in [1.807, 2.05) is 13.8 Å². The van der Waals surface area contributed by atoms with Gasteiger partial charge in [0.15, 0.2) is 11.6 Å². The molecule has 0 spiro atoms. The van der Waals surface area contributed by atoms with Gasteiger partial charge in [0.2, 0.25) is 0 Å². The van der Waals surface area contributed by atoms with Crippen LogP contribution in [0.3, 0.4) is 0 Å². The van der Waals surface area contributed by atoms with E-state index in [2.05, 4.69) is 20.2 Å². The molecule has 1 aromatic carbocycles. The predicted molar refractivity (Wildman–Crippen MR) is 75.2 cm³/mol. The maximum absolute atomic E-state index is 13.1. The SMILES string of the molecule is CCN(CC)c1cc(Nc2ccc(F)c(F)c2)ncn1. The smallest absolute Gasteiger partial charge is 0.160 e. The van der Waals surface area contributed by atoms with Gasteiger partial charge in [0.25, 0.3) is 0 Å². The van der Waals surface area contributed by atoms with Gasteiger partial charge >= 0.3 is 0 Å². The highest BCUT2D eigenvalue weighted by Crippen LogP contribution is 2.20. The van der Waals surface area contributed by atoms with Gasteiger partial charge in [-0.15, -0.1) is 0 Å². The molecule has 20 heavy (non-hydrogen) atoms. The molecule has 0 aliphatic heterocycles. The van der Waals surface area contributed by atoms with E-state index in [0.29, 0.717) is 11.5 Å². The first-order chi connectivity index (χ1) is 9.63. The van der Waals surface area contributed by atoms with Crippen LogP contribution in [0.5, 0.6) is 0 Å². The predicted octanol–water partition coefficient (Wildman–Crippen LogP) is 3.34. The summed E-state index contributed by atoms with van der Waals surface area (Å²) in [4.78, 5) is 10.3. The summed E-state index contributed by atoms with van der Waals surface area (Å²) in [5.74, 6) is -0.446. The Morgan fingerprint density at radius 3 is 2.45 bits per heavy atom. The Morgan fingerprint density at radius 2 is 1.80 bits per heavy atom. The van der Waals surface area contributed by atoms with Gasteiger partial charge in [0, 0.05) is 30.9 Å². The van der Waals surface area contributed by atoms with Crippen LogP contribution in [0.2, 0.25) is 0 Å². The van der Waals surface area contributed by atoms with E-state index in [4.69, 9.17) is 0 Å². The van der Waals surface area contributed by atoms with Crippen LogP contribution in [0.15, 0.2) is 30.6 Å². The van der Waals surface area contributed by atoms with Gasteiger partial charge in [-0.25, -0.2) is 18.7 Å². The lowest BCUT2D eigenvalue weighted by atomic mass is 10.3. The van der Waals surface area contributed by atoms with Crippen LogP contribution >= 0.6 is 0 Å². The van der Waals surface area contributed by atoms with Crippen molar-refractivity contribution in [3.63, 3.8) is 0 Å². The summed E-state index contributed by atoms with van der Waals surface area (Å²) in [6, 6.07) is 5.39. The minimum absolute atomic E-state index is 0.438. The van der Waals surface area contributed by atoms with Crippen LogP contribution in [0.25, 0.3) is 0 Å². The topological polar surface area (TPSA) is 41.0 Å². The number of hydrogen-bond donors (Lipinski definition) is 1. The third-order valence-electron chi connectivity index (χ3n) is 2.93. The molecule has 6 heteroatoms. The highest BCUT2D eigenvalue weighted by atomic mass is 19.2. The van der Waals surface area contributed by atoms with Gasteiger partial charge in [-0.3, -0.25) is 0 Å². The van der Waals surface area contributed by atoms with E-state index in [0.717, 1.165) is 31.0 Å². The molecule has 0 bridgehead atoms. The lowest BCUT2D eigenvalue weighted by Crippen LogP contribution is -2.23. The van der Waals surface area contributed by atoms with Crippen molar-refractivity contribution in [3.05, 3.63) is 42.2 Å². The van der Waals surface area contributed by atoms with Crippen molar-refractivity contribution in [1.82, 2.24) is 9.97 Å². The van der Waals surface area contributed by atoms with Crippen molar-refractivity contribution in [3.8, 4) is 0 Å². The molecule has 0 radical (unpaired) electrons. The molecule has 106 valence electrons. The Morgan fingerprint density at radius 1 is 1.05 bits per heavy atom. The summed E-state index contributed by atoms with van der Waals surface area (Å²) < 4.78 is 26.0. The zero-order valence-electron chi connectivity index (χ0n) is 11.4. The van der Waals surface area contributed by atoms with Crippen LogP contribution in [0, 0.1) is 11.6 Å². The second-order valence-electron chi connectivity index (χ2n) is 4.19. The van der Waals surface area contributed by atoms with Crippen LogP contribution in [-0.4, -0.2) is 23.1 Å². The second-order valence-corrected chi connectivity index (χ2v) is 4.19. The van der Waals surface area contributed by atoms with Crippen molar-refractivity contribution < 1.29 is 8.78 Å². The van der Waals surface area contributed by atoms with E-state index < -0.39 is 11.6 Å². The summed E-state index contributed by atoms with van der Waals surface area (Å²) in [6.07, 6.45) is 1.44. The number of benzene rings is 1.